The summed E-state index contributed by atoms with van der Waals surface area (Å²) in [5.74, 6) is 0.239. The van der Waals surface area contributed by atoms with Crippen molar-refractivity contribution in [1.29, 1.82) is 0 Å². The van der Waals surface area contributed by atoms with Gasteiger partial charge >= 0.3 is 0 Å². The molecule has 94 valence electrons. The average Bonchev–Trinajstić information content (AvgIpc) is 2.78. The van der Waals surface area contributed by atoms with Crippen LogP contribution >= 0.6 is 0 Å². The number of nitrogens with one attached hydrogen (secondary N) is 3. The van der Waals surface area contributed by atoms with Crippen LogP contribution in [0.2, 0.25) is 0 Å². The van der Waals surface area contributed by atoms with E-state index in [0.717, 1.165) is 37.3 Å². The number of carbonyl (C=O) groups is 1. The summed E-state index contributed by atoms with van der Waals surface area (Å²) in [6.07, 6.45) is 3.91. The lowest BCUT2D eigenvalue weighted by atomic mass is 9.95. The van der Waals surface area contributed by atoms with Crippen LogP contribution in [0.5, 0.6) is 0 Å². The number of methoxy groups -OCH3 is 1. The van der Waals surface area contributed by atoms with Gasteiger partial charge in [0.25, 0.3) is 0 Å². The molecule has 6 heteroatoms. The first kappa shape index (κ1) is 12.1. The van der Waals surface area contributed by atoms with Crippen LogP contribution < -0.4 is 10.6 Å². The predicted octanol–water partition coefficient (Wildman–Crippen LogP) is 0.462. The zero-order chi connectivity index (χ0) is 12.1. The number of H-pyrrole nitrogens is 1. The van der Waals surface area contributed by atoms with E-state index < -0.39 is 0 Å². The molecule has 1 aliphatic rings. The van der Waals surface area contributed by atoms with Gasteiger partial charge in [-0.1, -0.05) is 0 Å². The molecule has 1 aromatic rings. The molecule has 1 aromatic heterocycles. The van der Waals surface area contributed by atoms with Crippen LogP contribution in [0.15, 0.2) is 6.20 Å². The second-order valence-corrected chi connectivity index (χ2v) is 4.22. The summed E-state index contributed by atoms with van der Waals surface area (Å²) in [5, 5.41) is 13.1. The Morgan fingerprint density at radius 1 is 1.71 bits per heavy atom. The molecule has 1 aliphatic heterocycles. The summed E-state index contributed by atoms with van der Waals surface area (Å²) >= 11 is 0. The Balaban J connectivity index is 2.02. The van der Waals surface area contributed by atoms with E-state index in [1.807, 2.05) is 0 Å². The highest BCUT2D eigenvalue weighted by Gasteiger charge is 2.20. The van der Waals surface area contributed by atoms with Crippen LogP contribution in [0, 0.1) is 0 Å². The van der Waals surface area contributed by atoms with Crippen molar-refractivity contribution in [3.8, 4) is 0 Å². The van der Waals surface area contributed by atoms with E-state index in [1.54, 1.807) is 6.20 Å². The normalized spacial score (nSPS) is 20.2. The number of aromatic nitrogens is 2. The standard InChI is InChI=1S/C11H18N4O2/c1-17-7-10(16)14-9-6-13-15-11(9)8-3-2-4-12-5-8/h6,8,12H,2-5,7H2,1H3,(H,13,15)(H,14,16)/t8-/m0/s1. The van der Waals surface area contributed by atoms with Crippen LogP contribution in [0.4, 0.5) is 5.69 Å². The monoisotopic (exact) mass is 238 g/mol. The van der Waals surface area contributed by atoms with E-state index >= 15 is 0 Å². The molecule has 2 heterocycles. The molecule has 1 atom stereocenters. The molecule has 1 amide bonds. The van der Waals surface area contributed by atoms with E-state index in [2.05, 4.69) is 20.8 Å². The highest BCUT2D eigenvalue weighted by molar-refractivity contribution is 5.92. The van der Waals surface area contributed by atoms with Gasteiger partial charge in [-0.05, 0) is 19.4 Å². The summed E-state index contributed by atoms with van der Waals surface area (Å²) in [6.45, 7) is 2.05. The first-order valence-corrected chi connectivity index (χ1v) is 5.84. The van der Waals surface area contributed by atoms with Crippen molar-refractivity contribution in [2.45, 2.75) is 18.8 Å². The topological polar surface area (TPSA) is 79.0 Å². The fourth-order valence-electron chi connectivity index (χ4n) is 2.12. The zero-order valence-corrected chi connectivity index (χ0v) is 9.95. The lowest BCUT2D eigenvalue weighted by molar-refractivity contribution is -0.119. The summed E-state index contributed by atoms with van der Waals surface area (Å²) in [7, 11) is 1.50. The molecule has 3 N–H and O–H groups in total. The van der Waals surface area contributed by atoms with Gasteiger partial charge < -0.3 is 15.4 Å². The number of ether oxygens (including phenoxy) is 1. The van der Waals surface area contributed by atoms with Gasteiger partial charge in [-0.25, -0.2) is 0 Å². The molecule has 0 spiro atoms. The molecule has 1 saturated heterocycles. The molecule has 0 aliphatic carbocycles. The molecule has 1 fully saturated rings. The first-order valence-electron chi connectivity index (χ1n) is 5.84. The Morgan fingerprint density at radius 2 is 2.59 bits per heavy atom. The number of hydrogen-bond donors (Lipinski definition) is 3. The summed E-state index contributed by atoms with van der Waals surface area (Å²) in [6, 6.07) is 0. The average molecular weight is 238 g/mol. The van der Waals surface area contributed by atoms with Gasteiger partial charge in [0, 0.05) is 19.6 Å². The van der Waals surface area contributed by atoms with E-state index in [9.17, 15) is 4.79 Å². The summed E-state index contributed by atoms with van der Waals surface area (Å²) in [4.78, 5) is 11.5. The van der Waals surface area contributed by atoms with Crippen molar-refractivity contribution < 1.29 is 9.53 Å². The van der Waals surface area contributed by atoms with Crippen molar-refractivity contribution in [1.82, 2.24) is 15.5 Å². The number of nitrogens with zero attached hydrogens (tertiary/aromatic N) is 1. The maximum Gasteiger partial charge on any atom is 0.250 e. The van der Waals surface area contributed by atoms with Crippen LogP contribution in [0.1, 0.15) is 24.5 Å². The zero-order valence-electron chi connectivity index (χ0n) is 9.95. The Kier molecular flexibility index (Phi) is 4.11. The highest BCUT2D eigenvalue weighted by atomic mass is 16.5. The maximum atomic E-state index is 11.5. The summed E-state index contributed by atoms with van der Waals surface area (Å²) < 4.78 is 4.78. The van der Waals surface area contributed by atoms with Gasteiger partial charge in [-0.15, -0.1) is 0 Å². The minimum Gasteiger partial charge on any atom is -0.375 e. The number of aromatic amines is 1. The predicted molar refractivity (Wildman–Crippen MR) is 63.9 cm³/mol. The van der Waals surface area contributed by atoms with Crippen molar-refractivity contribution in [2.75, 3.05) is 32.1 Å². The third-order valence-corrected chi connectivity index (χ3v) is 2.92. The van der Waals surface area contributed by atoms with Crippen molar-refractivity contribution in [2.24, 2.45) is 0 Å². The number of anilines is 1. The number of amides is 1. The van der Waals surface area contributed by atoms with Crippen LogP contribution in [0.25, 0.3) is 0 Å². The van der Waals surface area contributed by atoms with Gasteiger partial charge in [0.05, 0.1) is 17.6 Å². The lowest BCUT2D eigenvalue weighted by Crippen LogP contribution is -2.29. The lowest BCUT2D eigenvalue weighted by Gasteiger charge is -2.22. The fraction of sp³-hybridized carbons (Fsp3) is 0.636. The maximum absolute atomic E-state index is 11.5. The Labute approximate surface area is 100 Å². The van der Waals surface area contributed by atoms with E-state index in [1.165, 1.54) is 7.11 Å². The minimum atomic E-state index is -0.154. The SMILES string of the molecule is COCC(=O)Nc1cn[nH]c1[C@H]1CCCNC1. The third-order valence-electron chi connectivity index (χ3n) is 2.92. The largest absolute Gasteiger partial charge is 0.375 e. The molecule has 0 saturated carbocycles. The van der Waals surface area contributed by atoms with Gasteiger partial charge in [-0.3, -0.25) is 9.89 Å². The Hall–Kier alpha value is -1.40. The molecule has 0 radical (unpaired) electrons. The summed E-state index contributed by atoms with van der Waals surface area (Å²) in [5.41, 5.74) is 1.77. The minimum absolute atomic E-state index is 0.0630. The second kappa shape index (κ2) is 5.79. The first-order chi connectivity index (χ1) is 8.31. The Bertz CT molecular complexity index is 371. The number of piperidine rings is 1. The van der Waals surface area contributed by atoms with Gasteiger partial charge in [-0.2, -0.15) is 5.10 Å². The highest BCUT2D eigenvalue weighted by Crippen LogP contribution is 2.27. The number of rotatable bonds is 4. The molecule has 0 bridgehead atoms. The van der Waals surface area contributed by atoms with E-state index in [4.69, 9.17) is 4.74 Å². The van der Waals surface area contributed by atoms with Crippen LogP contribution in [0.3, 0.4) is 0 Å². The number of carbonyl (C=O) groups excluding carboxylic acids is 1. The third kappa shape index (κ3) is 3.04. The molecule has 2 rings (SSSR count). The van der Waals surface area contributed by atoms with Crippen molar-refractivity contribution in [3.63, 3.8) is 0 Å². The second-order valence-electron chi connectivity index (χ2n) is 4.22. The Morgan fingerprint density at radius 3 is 3.29 bits per heavy atom. The van der Waals surface area contributed by atoms with Gasteiger partial charge in [0.2, 0.25) is 5.91 Å². The van der Waals surface area contributed by atoms with Gasteiger partial charge in [0.15, 0.2) is 0 Å². The molecule has 17 heavy (non-hydrogen) atoms. The quantitative estimate of drug-likeness (QED) is 0.712. The van der Waals surface area contributed by atoms with E-state index in [-0.39, 0.29) is 12.5 Å². The molecule has 6 nitrogen and oxygen atoms in total. The molecule has 0 aromatic carbocycles. The van der Waals surface area contributed by atoms with Crippen molar-refractivity contribution >= 4 is 11.6 Å². The van der Waals surface area contributed by atoms with Crippen LogP contribution in [-0.4, -0.2) is 42.9 Å². The van der Waals surface area contributed by atoms with E-state index in [0.29, 0.717) is 5.92 Å². The fourth-order valence-corrected chi connectivity index (χ4v) is 2.12. The smallest absolute Gasteiger partial charge is 0.250 e. The molecule has 0 unspecified atom stereocenters. The van der Waals surface area contributed by atoms with Crippen molar-refractivity contribution in [3.05, 3.63) is 11.9 Å². The number of hydrogen-bond acceptors (Lipinski definition) is 4. The van der Waals surface area contributed by atoms with Gasteiger partial charge in [0.1, 0.15) is 6.61 Å². The van der Waals surface area contributed by atoms with Crippen LogP contribution in [-0.2, 0) is 9.53 Å². The molecular weight excluding hydrogens is 220 g/mol. The molecular formula is C11H18N4O2.